The van der Waals surface area contributed by atoms with Gasteiger partial charge in [-0.1, -0.05) is 18.2 Å². The zero-order valence-electron chi connectivity index (χ0n) is 11.5. The molecule has 0 aromatic heterocycles. The molecule has 0 spiro atoms. The second-order valence-corrected chi connectivity index (χ2v) is 4.60. The fourth-order valence-electron chi connectivity index (χ4n) is 2.29. The van der Waals surface area contributed by atoms with E-state index in [1.807, 2.05) is 38.2 Å². The van der Waals surface area contributed by atoms with E-state index in [0.717, 1.165) is 24.3 Å². The van der Waals surface area contributed by atoms with Gasteiger partial charge in [-0.05, 0) is 26.5 Å². The molecule has 2 atom stereocenters. The summed E-state index contributed by atoms with van der Waals surface area (Å²) in [6.07, 6.45) is 0.745. The maximum Gasteiger partial charge on any atom is 0.123 e. The second kappa shape index (κ2) is 7.36. The number of hydrogen-bond donors (Lipinski definition) is 2. The Balaban J connectivity index is 2.96. The lowest BCUT2D eigenvalue weighted by molar-refractivity contribution is 0.188. The largest absolute Gasteiger partial charge is 0.496 e. The van der Waals surface area contributed by atoms with Gasteiger partial charge in [0.05, 0.1) is 13.2 Å². The molecule has 1 aromatic carbocycles. The molecule has 0 heterocycles. The first-order valence-corrected chi connectivity index (χ1v) is 6.31. The van der Waals surface area contributed by atoms with Gasteiger partial charge in [-0.25, -0.2) is 0 Å². The Labute approximate surface area is 109 Å². The quantitative estimate of drug-likeness (QED) is 0.770. The third-order valence-electron chi connectivity index (χ3n) is 3.10. The number of methoxy groups -OCH3 is 1. The number of aliphatic hydroxyl groups is 1. The summed E-state index contributed by atoms with van der Waals surface area (Å²) in [6, 6.07) is 8.02. The molecule has 4 heteroatoms. The Morgan fingerprint density at radius 2 is 2.06 bits per heavy atom. The van der Waals surface area contributed by atoms with Crippen LogP contribution in [-0.2, 0) is 0 Å². The van der Waals surface area contributed by atoms with Crippen LogP contribution in [0.1, 0.15) is 24.9 Å². The van der Waals surface area contributed by atoms with Gasteiger partial charge in [0.1, 0.15) is 5.75 Å². The van der Waals surface area contributed by atoms with Crippen molar-refractivity contribution >= 4 is 0 Å². The predicted octanol–water partition coefficient (Wildman–Crippen LogP) is 1.40. The summed E-state index contributed by atoms with van der Waals surface area (Å²) < 4.78 is 5.40. The Bertz CT molecular complexity index is 355. The standard InChI is InChI=1S/C14H24N2O2/c1-11(15)14(16(2)9-6-10-17)12-7-4-5-8-13(12)18-3/h4-5,7-8,11,14,17H,6,9-10,15H2,1-3H3. The van der Waals surface area contributed by atoms with Crippen molar-refractivity contribution in [3.63, 3.8) is 0 Å². The zero-order chi connectivity index (χ0) is 13.5. The highest BCUT2D eigenvalue weighted by molar-refractivity contribution is 5.36. The van der Waals surface area contributed by atoms with Crippen LogP contribution in [0.3, 0.4) is 0 Å². The molecule has 0 bridgehead atoms. The van der Waals surface area contributed by atoms with Crippen LogP contribution in [0.5, 0.6) is 5.75 Å². The van der Waals surface area contributed by atoms with Crippen LogP contribution in [0.25, 0.3) is 0 Å². The number of hydrogen-bond acceptors (Lipinski definition) is 4. The van der Waals surface area contributed by atoms with Crippen molar-refractivity contribution in [3.05, 3.63) is 29.8 Å². The van der Waals surface area contributed by atoms with Gasteiger partial charge >= 0.3 is 0 Å². The number of para-hydroxylation sites is 1. The number of benzene rings is 1. The first kappa shape index (κ1) is 15.0. The van der Waals surface area contributed by atoms with Crippen LogP contribution < -0.4 is 10.5 Å². The molecule has 2 unspecified atom stereocenters. The van der Waals surface area contributed by atoms with E-state index in [2.05, 4.69) is 4.90 Å². The van der Waals surface area contributed by atoms with Gasteiger partial charge in [0.25, 0.3) is 0 Å². The van der Waals surface area contributed by atoms with E-state index in [4.69, 9.17) is 15.6 Å². The summed E-state index contributed by atoms with van der Waals surface area (Å²) in [5.41, 5.74) is 7.20. The molecular weight excluding hydrogens is 228 g/mol. The molecule has 0 saturated carbocycles. The summed E-state index contributed by atoms with van der Waals surface area (Å²) in [6.45, 7) is 3.00. The average Bonchev–Trinajstić information content (AvgIpc) is 2.36. The van der Waals surface area contributed by atoms with Gasteiger partial charge < -0.3 is 15.6 Å². The molecule has 0 aliphatic heterocycles. The van der Waals surface area contributed by atoms with Crippen molar-refractivity contribution in [2.45, 2.75) is 25.4 Å². The minimum absolute atomic E-state index is 0.00927. The van der Waals surface area contributed by atoms with Gasteiger partial charge in [0, 0.05) is 24.8 Å². The number of aliphatic hydroxyl groups excluding tert-OH is 1. The van der Waals surface area contributed by atoms with E-state index < -0.39 is 0 Å². The molecule has 1 aromatic rings. The van der Waals surface area contributed by atoms with Crippen molar-refractivity contribution in [3.8, 4) is 5.75 Å². The van der Waals surface area contributed by atoms with Crippen LogP contribution in [0.4, 0.5) is 0 Å². The number of ether oxygens (including phenoxy) is 1. The van der Waals surface area contributed by atoms with Gasteiger partial charge in [0.2, 0.25) is 0 Å². The van der Waals surface area contributed by atoms with Crippen LogP contribution in [0.2, 0.25) is 0 Å². The summed E-state index contributed by atoms with van der Waals surface area (Å²) in [5.74, 6) is 0.857. The molecule has 4 nitrogen and oxygen atoms in total. The SMILES string of the molecule is COc1ccccc1C(C(C)N)N(C)CCCO. The molecule has 102 valence electrons. The Morgan fingerprint density at radius 1 is 1.39 bits per heavy atom. The Kier molecular flexibility index (Phi) is 6.12. The molecule has 0 saturated heterocycles. The van der Waals surface area contributed by atoms with Crippen molar-refractivity contribution in [1.29, 1.82) is 0 Å². The van der Waals surface area contributed by atoms with Crippen LogP contribution >= 0.6 is 0 Å². The lowest BCUT2D eigenvalue weighted by atomic mass is 9.98. The first-order chi connectivity index (χ1) is 8.61. The fraction of sp³-hybridized carbons (Fsp3) is 0.571. The van der Waals surface area contributed by atoms with E-state index in [0.29, 0.717) is 0 Å². The lowest BCUT2D eigenvalue weighted by Gasteiger charge is -2.32. The lowest BCUT2D eigenvalue weighted by Crippen LogP contribution is -2.38. The highest BCUT2D eigenvalue weighted by Gasteiger charge is 2.23. The predicted molar refractivity (Wildman–Crippen MR) is 73.7 cm³/mol. The van der Waals surface area contributed by atoms with E-state index >= 15 is 0 Å². The van der Waals surface area contributed by atoms with E-state index in [1.165, 1.54) is 0 Å². The van der Waals surface area contributed by atoms with E-state index in [-0.39, 0.29) is 18.7 Å². The summed E-state index contributed by atoms with van der Waals surface area (Å²) in [5, 5.41) is 8.92. The maximum absolute atomic E-state index is 8.92. The van der Waals surface area contributed by atoms with Crippen molar-refractivity contribution in [2.24, 2.45) is 5.73 Å². The van der Waals surface area contributed by atoms with Gasteiger partial charge in [-0.3, -0.25) is 4.90 Å². The van der Waals surface area contributed by atoms with E-state index in [9.17, 15) is 0 Å². The van der Waals surface area contributed by atoms with Gasteiger partial charge in [0.15, 0.2) is 0 Å². The van der Waals surface area contributed by atoms with Gasteiger partial charge in [-0.15, -0.1) is 0 Å². The highest BCUT2D eigenvalue weighted by Crippen LogP contribution is 2.30. The topological polar surface area (TPSA) is 58.7 Å². The number of rotatable bonds is 7. The minimum atomic E-state index is -0.00927. The maximum atomic E-state index is 8.92. The van der Waals surface area contributed by atoms with E-state index in [1.54, 1.807) is 7.11 Å². The monoisotopic (exact) mass is 252 g/mol. The fourth-order valence-corrected chi connectivity index (χ4v) is 2.29. The third-order valence-corrected chi connectivity index (χ3v) is 3.10. The Hall–Kier alpha value is -1.10. The number of nitrogens with two attached hydrogens (primary N) is 1. The normalized spacial score (nSPS) is 14.6. The molecule has 0 fully saturated rings. The first-order valence-electron chi connectivity index (χ1n) is 6.31. The zero-order valence-corrected chi connectivity index (χ0v) is 11.5. The third kappa shape index (κ3) is 3.70. The molecule has 0 amide bonds. The number of nitrogens with zero attached hydrogens (tertiary/aromatic N) is 1. The second-order valence-electron chi connectivity index (χ2n) is 4.60. The summed E-state index contributed by atoms with van der Waals surface area (Å²) in [4.78, 5) is 2.17. The van der Waals surface area contributed by atoms with Crippen LogP contribution in [-0.4, -0.2) is 43.4 Å². The van der Waals surface area contributed by atoms with Crippen LogP contribution in [0.15, 0.2) is 24.3 Å². The van der Waals surface area contributed by atoms with Crippen LogP contribution in [0, 0.1) is 0 Å². The van der Waals surface area contributed by atoms with Crippen molar-refractivity contribution in [1.82, 2.24) is 4.90 Å². The number of likely N-dealkylation sites (N-methyl/N-ethyl adjacent to an activating group) is 1. The Morgan fingerprint density at radius 3 is 2.61 bits per heavy atom. The smallest absolute Gasteiger partial charge is 0.123 e. The molecule has 0 aliphatic carbocycles. The van der Waals surface area contributed by atoms with Crippen molar-refractivity contribution < 1.29 is 9.84 Å². The molecule has 0 aliphatic rings. The average molecular weight is 252 g/mol. The van der Waals surface area contributed by atoms with Gasteiger partial charge in [-0.2, -0.15) is 0 Å². The summed E-state index contributed by atoms with van der Waals surface area (Å²) in [7, 11) is 3.70. The minimum Gasteiger partial charge on any atom is -0.496 e. The highest BCUT2D eigenvalue weighted by atomic mass is 16.5. The van der Waals surface area contributed by atoms with Crippen molar-refractivity contribution in [2.75, 3.05) is 27.3 Å². The molecule has 3 N–H and O–H groups in total. The molecule has 18 heavy (non-hydrogen) atoms. The molecule has 1 rings (SSSR count). The molecule has 0 radical (unpaired) electrons. The molecular formula is C14H24N2O2. The summed E-state index contributed by atoms with van der Waals surface area (Å²) >= 11 is 0.